The van der Waals surface area contributed by atoms with Gasteiger partial charge < -0.3 is 4.90 Å². The van der Waals surface area contributed by atoms with Crippen LogP contribution in [0.15, 0.2) is 104 Å². The molecular weight excluding hydrogens is 342 g/mol. The minimum Gasteiger partial charge on any atom is -0.321 e. The fourth-order valence-electron chi connectivity index (χ4n) is 3.88. The fraction of sp³-hybridized carbons (Fsp3) is 0.192. The van der Waals surface area contributed by atoms with Crippen LogP contribution in [0.5, 0.6) is 0 Å². The topological polar surface area (TPSA) is 20.3 Å². The van der Waals surface area contributed by atoms with Crippen molar-refractivity contribution in [3.8, 4) is 0 Å². The summed E-state index contributed by atoms with van der Waals surface area (Å²) in [5.74, 6) is -0.0648. The third-order valence-electron chi connectivity index (χ3n) is 5.16. The average molecular weight is 370 g/mol. The summed E-state index contributed by atoms with van der Waals surface area (Å²) in [7, 11) is 0. The van der Waals surface area contributed by atoms with Gasteiger partial charge in [-0.1, -0.05) is 111 Å². The second-order valence-corrected chi connectivity index (χ2v) is 6.86. The molecule has 0 unspecified atom stereocenters. The first-order chi connectivity index (χ1) is 13.7. The molecule has 142 valence electrons. The minimum absolute atomic E-state index is 0.0648. The summed E-state index contributed by atoms with van der Waals surface area (Å²) in [5.41, 5.74) is 2.49. The molecule has 0 spiro atoms. The SMILES string of the molecule is C=CC(=O)N(CCCC)C(c1ccccc1)(c1ccccc1)c1ccccc1. The van der Waals surface area contributed by atoms with Crippen molar-refractivity contribution in [2.45, 2.75) is 25.3 Å². The Morgan fingerprint density at radius 2 is 1.21 bits per heavy atom. The number of rotatable bonds is 8. The van der Waals surface area contributed by atoms with Crippen LogP contribution in [0.2, 0.25) is 0 Å². The van der Waals surface area contributed by atoms with Crippen LogP contribution in [0, 0.1) is 0 Å². The Morgan fingerprint density at radius 3 is 1.54 bits per heavy atom. The largest absolute Gasteiger partial charge is 0.321 e. The number of amides is 1. The molecule has 0 aliphatic carbocycles. The number of unbranched alkanes of at least 4 members (excludes halogenated alkanes) is 1. The quantitative estimate of drug-likeness (QED) is 0.363. The van der Waals surface area contributed by atoms with E-state index in [1.165, 1.54) is 6.08 Å². The summed E-state index contributed by atoms with van der Waals surface area (Å²) in [4.78, 5) is 15.2. The Balaban J connectivity index is 2.39. The van der Waals surface area contributed by atoms with Gasteiger partial charge in [0, 0.05) is 6.54 Å². The van der Waals surface area contributed by atoms with Gasteiger partial charge in [0.25, 0.3) is 0 Å². The van der Waals surface area contributed by atoms with Crippen LogP contribution < -0.4 is 0 Å². The van der Waals surface area contributed by atoms with E-state index in [0.29, 0.717) is 6.54 Å². The molecule has 0 aliphatic rings. The van der Waals surface area contributed by atoms with Gasteiger partial charge in [-0.25, -0.2) is 0 Å². The molecule has 0 aliphatic heterocycles. The van der Waals surface area contributed by atoms with Crippen molar-refractivity contribution in [2.75, 3.05) is 6.54 Å². The Bertz CT molecular complexity index is 791. The molecular formula is C26H27NO. The number of carbonyl (C=O) groups excluding carboxylic acids is 1. The van der Waals surface area contributed by atoms with Crippen LogP contribution in [0.3, 0.4) is 0 Å². The van der Waals surface area contributed by atoms with E-state index in [1.54, 1.807) is 0 Å². The van der Waals surface area contributed by atoms with Crippen molar-refractivity contribution in [3.05, 3.63) is 120 Å². The maximum Gasteiger partial charge on any atom is 0.247 e. The van der Waals surface area contributed by atoms with E-state index >= 15 is 0 Å². The van der Waals surface area contributed by atoms with Gasteiger partial charge in [-0.2, -0.15) is 0 Å². The summed E-state index contributed by atoms with van der Waals surface area (Å²) in [5, 5.41) is 0. The third kappa shape index (κ3) is 3.63. The van der Waals surface area contributed by atoms with Crippen molar-refractivity contribution >= 4 is 5.91 Å². The smallest absolute Gasteiger partial charge is 0.247 e. The first kappa shape index (κ1) is 19.6. The summed E-state index contributed by atoms with van der Waals surface area (Å²) < 4.78 is 0. The molecule has 0 aromatic heterocycles. The molecule has 3 aromatic carbocycles. The van der Waals surface area contributed by atoms with E-state index < -0.39 is 5.54 Å². The molecule has 3 rings (SSSR count). The van der Waals surface area contributed by atoms with Gasteiger partial charge in [-0.3, -0.25) is 4.79 Å². The monoisotopic (exact) mass is 369 g/mol. The molecule has 28 heavy (non-hydrogen) atoms. The number of benzene rings is 3. The summed E-state index contributed by atoms with van der Waals surface area (Å²) >= 11 is 0. The van der Waals surface area contributed by atoms with Crippen molar-refractivity contribution in [1.29, 1.82) is 0 Å². The van der Waals surface area contributed by atoms with Gasteiger partial charge in [-0.05, 0) is 29.2 Å². The maximum atomic E-state index is 13.2. The highest BCUT2D eigenvalue weighted by molar-refractivity contribution is 5.89. The Kier molecular flexibility index (Phi) is 6.44. The van der Waals surface area contributed by atoms with Crippen molar-refractivity contribution in [1.82, 2.24) is 4.90 Å². The van der Waals surface area contributed by atoms with Crippen molar-refractivity contribution < 1.29 is 4.79 Å². The van der Waals surface area contributed by atoms with Crippen LogP contribution in [-0.2, 0) is 10.3 Å². The summed E-state index contributed by atoms with van der Waals surface area (Å²) in [6, 6.07) is 30.9. The summed E-state index contributed by atoms with van der Waals surface area (Å²) in [6.45, 7) is 6.59. The molecule has 0 atom stereocenters. The molecule has 0 fully saturated rings. The van der Waals surface area contributed by atoms with E-state index in [1.807, 2.05) is 59.5 Å². The normalized spacial score (nSPS) is 11.0. The van der Waals surface area contributed by atoms with Gasteiger partial charge in [-0.15, -0.1) is 0 Å². The van der Waals surface area contributed by atoms with E-state index in [2.05, 4.69) is 49.9 Å². The molecule has 0 saturated carbocycles. The number of carbonyl (C=O) groups is 1. The number of hydrogen-bond acceptors (Lipinski definition) is 1. The predicted molar refractivity (Wildman–Crippen MR) is 116 cm³/mol. The molecule has 0 bridgehead atoms. The van der Waals surface area contributed by atoms with E-state index in [-0.39, 0.29) is 5.91 Å². The molecule has 0 radical (unpaired) electrons. The molecule has 2 heteroatoms. The highest BCUT2D eigenvalue weighted by Gasteiger charge is 2.43. The zero-order chi connectivity index (χ0) is 19.8. The summed E-state index contributed by atoms with van der Waals surface area (Å²) in [6.07, 6.45) is 3.36. The molecule has 1 amide bonds. The lowest BCUT2D eigenvalue weighted by atomic mass is 9.75. The zero-order valence-corrected chi connectivity index (χ0v) is 16.4. The van der Waals surface area contributed by atoms with Crippen molar-refractivity contribution in [3.63, 3.8) is 0 Å². The second kappa shape index (κ2) is 9.18. The lowest BCUT2D eigenvalue weighted by molar-refractivity contribution is -0.130. The third-order valence-corrected chi connectivity index (χ3v) is 5.16. The molecule has 0 N–H and O–H groups in total. The van der Waals surface area contributed by atoms with E-state index in [0.717, 1.165) is 29.5 Å². The van der Waals surface area contributed by atoms with Gasteiger partial charge in [0.15, 0.2) is 0 Å². The number of nitrogens with zero attached hydrogens (tertiary/aromatic N) is 1. The molecule has 3 aromatic rings. The molecule has 0 heterocycles. The fourth-order valence-corrected chi connectivity index (χ4v) is 3.88. The van der Waals surface area contributed by atoms with Gasteiger partial charge in [0.2, 0.25) is 5.91 Å². The first-order valence-corrected chi connectivity index (χ1v) is 9.85. The lowest BCUT2D eigenvalue weighted by Crippen LogP contribution is -2.51. The lowest BCUT2D eigenvalue weighted by Gasteiger charge is -2.45. The Morgan fingerprint density at radius 1 is 0.821 bits per heavy atom. The van der Waals surface area contributed by atoms with Crippen LogP contribution in [0.25, 0.3) is 0 Å². The highest BCUT2D eigenvalue weighted by Crippen LogP contribution is 2.42. The zero-order valence-electron chi connectivity index (χ0n) is 16.4. The average Bonchev–Trinajstić information content (AvgIpc) is 2.78. The van der Waals surface area contributed by atoms with Crippen LogP contribution in [0.4, 0.5) is 0 Å². The highest BCUT2D eigenvalue weighted by atomic mass is 16.2. The maximum absolute atomic E-state index is 13.2. The van der Waals surface area contributed by atoms with E-state index in [9.17, 15) is 4.79 Å². The van der Waals surface area contributed by atoms with Crippen LogP contribution >= 0.6 is 0 Å². The standard InChI is InChI=1S/C26H27NO/c1-3-5-21-27(25(28)4-2)26(22-15-9-6-10-16-22,23-17-11-7-12-18-23)24-19-13-8-14-20-24/h4,6-20H,2-3,5,21H2,1H3. The van der Waals surface area contributed by atoms with Gasteiger partial charge in [0.05, 0.1) is 0 Å². The first-order valence-electron chi connectivity index (χ1n) is 9.85. The second-order valence-electron chi connectivity index (χ2n) is 6.86. The predicted octanol–water partition coefficient (Wildman–Crippen LogP) is 5.79. The van der Waals surface area contributed by atoms with Crippen LogP contribution in [-0.4, -0.2) is 17.4 Å². The Labute approximate surface area is 168 Å². The molecule has 2 nitrogen and oxygen atoms in total. The van der Waals surface area contributed by atoms with E-state index in [4.69, 9.17) is 0 Å². The van der Waals surface area contributed by atoms with Crippen molar-refractivity contribution in [2.24, 2.45) is 0 Å². The minimum atomic E-state index is -0.718. The number of hydrogen-bond donors (Lipinski definition) is 0. The molecule has 0 saturated heterocycles. The van der Waals surface area contributed by atoms with Gasteiger partial charge in [0.1, 0.15) is 5.54 Å². The van der Waals surface area contributed by atoms with Crippen LogP contribution in [0.1, 0.15) is 36.5 Å². The Hall–Kier alpha value is -3.13. The van der Waals surface area contributed by atoms with Gasteiger partial charge >= 0.3 is 0 Å².